The molecule has 9 aromatic rings. The second-order valence-electron chi connectivity index (χ2n) is 13.5. The van der Waals surface area contributed by atoms with Crippen molar-refractivity contribution in [3.63, 3.8) is 0 Å². The van der Waals surface area contributed by atoms with Crippen molar-refractivity contribution in [2.75, 3.05) is 0 Å². The van der Waals surface area contributed by atoms with Crippen LogP contribution in [0.25, 0.3) is 43.4 Å². The molecule has 0 spiro atoms. The van der Waals surface area contributed by atoms with Crippen LogP contribution in [0, 0.1) is 0 Å². The molecular weight excluding hydrogens is 636 g/mol. The van der Waals surface area contributed by atoms with Crippen LogP contribution < -0.4 is 15.9 Å². The summed E-state index contributed by atoms with van der Waals surface area (Å²) in [5.74, 6) is 0. The number of fused-ring (bicyclic) bond motifs is 9. The van der Waals surface area contributed by atoms with E-state index < -0.39 is 12.6 Å². The third kappa shape index (κ3) is 4.26. The summed E-state index contributed by atoms with van der Waals surface area (Å²) in [6.45, 7) is 0. The Morgan fingerprint density at radius 1 is 0.314 bits per heavy atom. The van der Waals surface area contributed by atoms with Gasteiger partial charge in [-0.2, -0.15) is 0 Å². The first-order chi connectivity index (χ1) is 25.2. The van der Waals surface area contributed by atoms with Crippen LogP contribution >= 0.6 is 7.14 Å². The molecule has 240 valence electrons. The molecule has 2 heteroatoms. The van der Waals surface area contributed by atoms with E-state index in [2.05, 4.69) is 140 Å². The highest BCUT2D eigenvalue weighted by molar-refractivity contribution is 7.85. The van der Waals surface area contributed by atoms with Gasteiger partial charge in [0.2, 0.25) is 0 Å². The SMILES string of the molecule is O=P(c1ccccc1)(c1ccccc1)c1ccc2c(c1)C(c1ccccc1)(c1ccccc1)c1cc3c4ccccc4c4ccccc4c3cc1-2. The second-order valence-corrected chi connectivity index (χ2v) is 16.3. The maximum atomic E-state index is 15.9. The fourth-order valence-corrected chi connectivity index (χ4v) is 11.5. The lowest BCUT2D eigenvalue weighted by atomic mass is 9.67. The Hall–Kier alpha value is -6.01. The lowest BCUT2D eigenvalue weighted by molar-refractivity contribution is 0.592. The zero-order chi connectivity index (χ0) is 34.0. The summed E-state index contributed by atoms with van der Waals surface area (Å²) in [4.78, 5) is 0. The van der Waals surface area contributed by atoms with Crippen molar-refractivity contribution in [1.82, 2.24) is 0 Å². The number of benzene rings is 9. The van der Waals surface area contributed by atoms with Crippen LogP contribution in [0.15, 0.2) is 200 Å². The van der Waals surface area contributed by atoms with E-state index in [1.54, 1.807) is 0 Å². The van der Waals surface area contributed by atoms with E-state index in [0.29, 0.717) is 0 Å². The molecule has 0 aliphatic heterocycles. The molecule has 0 saturated heterocycles. The lowest BCUT2D eigenvalue weighted by Gasteiger charge is -2.34. The maximum Gasteiger partial charge on any atom is 0.171 e. The molecule has 0 unspecified atom stereocenters. The van der Waals surface area contributed by atoms with E-state index >= 15 is 4.57 Å². The molecule has 0 fully saturated rings. The normalized spacial score (nSPS) is 13.3. The molecule has 1 aliphatic rings. The summed E-state index contributed by atoms with van der Waals surface area (Å²) in [6, 6.07) is 70.9. The van der Waals surface area contributed by atoms with Gasteiger partial charge in [-0.05, 0) is 83.9 Å². The minimum Gasteiger partial charge on any atom is -0.309 e. The van der Waals surface area contributed by atoms with Crippen LogP contribution in [0.1, 0.15) is 22.3 Å². The summed E-state index contributed by atoms with van der Waals surface area (Å²) in [5, 5.41) is 10.0. The highest BCUT2D eigenvalue weighted by Gasteiger charge is 2.47. The molecular formula is C49H33OP. The van der Waals surface area contributed by atoms with E-state index in [9.17, 15) is 0 Å². The van der Waals surface area contributed by atoms with Crippen LogP contribution in [0.2, 0.25) is 0 Å². The molecule has 1 aliphatic carbocycles. The van der Waals surface area contributed by atoms with Gasteiger partial charge in [0.15, 0.2) is 7.14 Å². The maximum absolute atomic E-state index is 15.9. The molecule has 0 amide bonds. The molecule has 0 atom stereocenters. The van der Waals surface area contributed by atoms with Gasteiger partial charge in [-0.25, -0.2) is 0 Å². The number of hydrogen-bond donors (Lipinski definition) is 0. The summed E-state index contributed by atoms with van der Waals surface area (Å²) in [5.41, 5.74) is 6.51. The van der Waals surface area contributed by atoms with Crippen molar-refractivity contribution in [2.45, 2.75) is 5.41 Å². The van der Waals surface area contributed by atoms with Crippen LogP contribution in [0.3, 0.4) is 0 Å². The van der Waals surface area contributed by atoms with E-state index in [0.717, 1.165) is 21.5 Å². The molecule has 0 saturated carbocycles. The van der Waals surface area contributed by atoms with E-state index in [-0.39, 0.29) is 0 Å². The van der Waals surface area contributed by atoms with Crippen LogP contribution in [-0.2, 0) is 9.98 Å². The Morgan fingerprint density at radius 3 is 1.20 bits per heavy atom. The first-order valence-corrected chi connectivity index (χ1v) is 19.3. The highest BCUT2D eigenvalue weighted by atomic mass is 31.2. The average molecular weight is 669 g/mol. The van der Waals surface area contributed by atoms with Crippen LogP contribution in [0.4, 0.5) is 0 Å². The fourth-order valence-electron chi connectivity index (χ4n) is 8.79. The van der Waals surface area contributed by atoms with Gasteiger partial charge in [0.05, 0.1) is 5.41 Å². The van der Waals surface area contributed by atoms with Crippen molar-refractivity contribution in [1.29, 1.82) is 0 Å². The number of rotatable bonds is 5. The summed E-state index contributed by atoms with van der Waals surface area (Å²) in [7, 11) is -3.25. The highest BCUT2D eigenvalue weighted by Crippen LogP contribution is 2.58. The van der Waals surface area contributed by atoms with Gasteiger partial charge in [-0.1, -0.05) is 182 Å². The topological polar surface area (TPSA) is 17.1 Å². The zero-order valence-corrected chi connectivity index (χ0v) is 28.8. The minimum absolute atomic E-state index is 0.650. The van der Waals surface area contributed by atoms with Crippen LogP contribution in [-0.4, -0.2) is 0 Å². The Balaban J connectivity index is 1.37. The van der Waals surface area contributed by atoms with Gasteiger partial charge >= 0.3 is 0 Å². The first kappa shape index (κ1) is 29.9. The molecule has 0 aromatic heterocycles. The monoisotopic (exact) mass is 668 g/mol. The molecule has 51 heavy (non-hydrogen) atoms. The molecule has 0 bridgehead atoms. The molecule has 0 heterocycles. The quantitative estimate of drug-likeness (QED) is 0.132. The van der Waals surface area contributed by atoms with Crippen LogP contribution in [0.5, 0.6) is 0 Å². The van der Waals surface area contributed by atoms with Crippen molar-refractivity contribution in [2.24, 2.45) is 0 Å². The zero-order valence-electron chi connectivity index (χ0n) is 27.9. The predicted octanol–water partition coefficient (Wildman–Crippen LogP) is 11.1. The Bertz CT molecular complexity index is 2720. The first-order valence-electron chi connectivity index (χ1n) is 17.5. The van der Waals surface area contributed by atoms with Gasteiger partial charge in [-0.3, -0.25) is 0 Å². The predicted molar refractivity (Wildman–Crippen MR) is 216 cm³/mol. The smallest absolute Gasteiger partial charge is 0.171 e. The Morgan fingerprint density at radius 2 is 0.706 bits per heavy atom. The van der Waals surface area contributed by atoms with Gasteiger partial charge in [0, 0.05) is 15.9 Å². The Kier molecular flexibility index (Phi) is 6.75. The third-order valence-electron chi connectivity index (χ3n) is 11.0. The van der Waals surface area contributed by atoms with Crippen molar-refractivity contribution in [3.8, 4) is 11.1 Å². The number of hydrogen-bond acceptors (Lipinski definition) is 1. The summed E-state index contributed by atoms with van der Waals surface area (Å²) < 4.78 is 15.9. The van der Waals surface area contributed by atoms with Crippen molar-refractivity contribution < 1.29 is 4.57 Å². The van der Waals surface area contributed by atoms with Gasteiger partial charge < -0.3 is 4.57 Å². The standard InChI is InChI=1S/C49H33OP/c50-51(36-21-9-3-10-22-36,37-23-11-4-12-24-37)38-29-30-43-46-32-44-41-27-15-13-25-39(41)40-26-14-16-28-42(40)45(44)33-48(46)49(47(43)31-38,34-17-5-1-6-18-34)35-19-7-2-8-20-35/h1-33H. The fraction of sp³-hybridized carbons (Fsp3) is 0.0204. The Labute approximate surface area is 297 Å². The largest absolute Gasteiger partial charge is 0.309 e. The average Bonchev–Trinajstić information content (AvgIpc) is 3.51. The molecule has 0 N–H and O–H groups in total. The van der Waals surface area contributed by atoms with Gasteiger partial charge in [0.25, 0.3) is 0 Å². The molecule has 10 rings (SSSR count). The second kappa shape index (κ2) is 11.5. The van der Waals surface area contributed by atoms with E-state index in [1.165, 1.54) is 60.1 Å². The molecule has 0 radical (unpaired) electrons. The van der Waals surface area contributed by atoms with E-state index in [4.69, 9.17) is 0 Å². The molecule has 1 nitrogen and oxygen atoms in total. The minimum atomic E-state index is -3.25. The lowest BCUT2D eigenvalue weighted by Crippen LogP contribution is -2.31. The van der Waals surface area contributed by atoms with Crippen molar-refractivity contribution >= 4 is 55.4 Å². The van der Waals surface area contributed by atoms with Gasteiger partial charge in [-0.15, -0.1) is 0 Å². The van der Waals surface area contributed by atoms with Crippen molar-refractivity contribution in [3.05, 3.63) is 222 Å². The summed E-state index contributed by atoms with van der Waals surface area (Å²) in [6.07, 6.45) is 0. The summed E-state index contributed by atoms with van der Waals surface area (Å²) >= 11 is 0. The molecule has 9 aromatic carbocycles. The third-order valence-corrected chi connectivity index (χ3v) is 14.1. The van der Waals surface area contributed by atoms with Gasteiger partial charge in [0.1, 0.15) is 0 Å². The van der Waals surface area contributed by atoms with E-state index in [1.807, 2.05) is 60.7 Å².